The van der Waals surface area contributed by atoms with Crippen LogP contribution in [0.25, 0.3) is 11.3 Å². The van der Waals surface area contributed by atoms with Gasteiger partial charge in [-0.15, -0.1) is 0 Å². The Kier molecular flexibility index (Phi) is 4.96. The number of hydrogen-bond donors (Lipinski definition) is 1. The number of nitrogens with zero attached hydrogens (tertiary/aromatic N) is 3. The molecule has 26 heavy (non-hydrogen) atoms. The molecule has 5 heteroatoms. The van der Waals surface area contributed by atoms with Crippen molar-refractivity contribution in [1.82, 2.24) is 20.3 Å². The molecule has 0 radical (unpaired) electrons. The molecule has 2 aromatic heterocycles. The van der Waals surface area contributed by atoms with E-state index in [1.54, 1.807) is 6.33 Å². The number of pyridine rings is 1. The fourth-order valence-electron chi connectivity index (χ4n) is 4.09. The molecule has 2 atom stereocenters. The average Bonchev–Trinajstić information content (AvgIpc) is 3.44. The maximum atomic E-state index is 12.0. The summed E-state index contributed by atoms with van der Waals surface area (Å²) >= 11 is 0. The molecule has 136 valence electrons. The van der Waals surface area contributed by atoms with Gasteiger partial charge in [0.05, 0.1) is 11.4 Å². The minimum Gasteiger partial charge on any atom is -0.356 e. The van der Waals surface area contributed by atoms with Gasteiger partial charge in [0.1, 0.15) is 6.33 Å². The van der Waals surface area contributed by atoms with Crippen molar-refractivity contribution in [2.45, 2.75) is 44.9 Å². The predicted octanol–water partition coefficient (Wildman–Crippen LogP) is 3.58. The molecule has 2 fully saturated rings. The second-order valence-corrected chi connectivity index (χ2v) is 7.82. The van der Waals surface area contributed by atoms with E-state index in [1.165, 1.54) is 0 Å². The third kappa shape index (κ3) is 3.76. The summed E-state index contributed by atoms with van der Waals surface area (Å²) in [4.78, 5) is 25.3. The molecule has 1 amide bonds. The zero-order chi connectivity index (χ0) is 17.9. The number of amides is 1. The first-order chi connectivity index (χ1) is 12.7. The van der Waals surface area contributed by atoms with Crippen LogP contribution in [-0.4, -0.2) is 27.4 Å². The molecule has 2 aliphatic rings. The molecule has 0 spiro atoms. The number of rotatable bonds is 5. The van der Waals surface area contributed by atoms with Crippen LogP contribution >= 0.6 is 0 Å². The molecule has 0 saturated heterocycles. The van der Waals surface area contributed by atoms with Gasteiger partial charge in [0.15, 0.2) is 0 Å². The van der Waals surface area contributed by atoms with Gasteiger partial charge in [-0.1, -0.05) is 13.0 Å². The highest BCUT2D eigenvalue weighted by atomic mass is 16.2. The largest absolute Gasteiger partial charge is 0.356 e. The highest BCUT2D eigenvalue weighted by molar-refractivity contribution is 5.81. The summed E-state index contributed by atoms with van der Waals surface area (Å²) in [6.07, 6.45) is 10.9. The standard InChI is InChI=1S/C21H26N4O/c1-14-10-17(14)21(26)24-11-15-5-7-16(8-6-15)20-18(12-22-13-25-20)19-4-2-3-9-23-19/h2-4,9,12-17H,5-8,10-11H2,1H3,(H,24,26). The molecule has 2 aromatic rings. The molecule has 2 heterocycles. The minimum absolute atomic E-state index is 0.257. The van der Waals surface area contributed by atoms with Crippen LogP contribution in [0.15, 0.2) is 36.9 Å². The maximum Gasteiger partial charge on any atom is 0.223 e. The van der Waals surface area contributed by atoms with Gasteiger partial charge in [-0.2, -0.15) is 0 Å². The lowest BCUT2D eigenvalue weighted by atomic mass is 9.79. The summed E-state index contributed by atoms with van der Waals surface area (Å²) in [5, 5.41) is 3.16. The van der Waals surface area contributed by atoms with Gasteiger partial charge in [-0.3, -0.25) is 9.78 Å². The molecule has 5 nitrogen and oxygen atoms in total. The van der Waals surface area contributed by atoms with Crippen LogP contribution in [0.1, 0.15) is 50.6 Å². The first-order valence-corrected chi connectivity index (χ1v) is 9.71. The average molecular weight is 350 g/mol. The van der Waals surface area contributed by atoms with Crippen LogP contribution in [0.4, 0.5) is 0 Å². The Hall–Kier alpha value is -2.30. The highest BCUT2D eigenvalue weighted by Gasteiger charge is 2.39. The van der Waals surface area contributed by atoms with Crippen molar-refractivity contribution in [3.63, 3.8) is 0 Å². The van der Waals surface area contributed by atoms with E-state index in [0.717, 1.165) is 55.6 Å². The van der Waals surface area contributed by atoms with E-state index in [4.69, 9.17) is 0 Å². The second-order valence-electron chi connectivity index (χ2n) is 7.82. The van der Waals surface area contributed by atoms with Crippen molar-refractivity contribution in [1.29, 1.82) is 0 Å². The van der Waals surface area contributed by atoms with Gasteiger partial charge in [0, 0.05) is 36.3 Å². The minimum atomic E-state index is 0.257. The van der Waals surface area contributed by atoms with E-state index in [2.05, 4.69) is 27.2 Å². The summed E-state index contributed by atoms with van der Waals surface area (Å²) in [5.74, 6) is 2.14. The molecule has 1 N–H and O–H groups in total. The SMILES string of the molecule is CC1CC1C(=O)NCC1CCC(c2ncncc2-c2ccccn2)CC1. The van der Waals surface area contributed by atoms with Gasteiger partial charge in [-0.05, 0) is 56.1 Å². The normalized spacial score (nSPS) is 27.7. The number of carbonyl (C=O) groups is 1. The van der Waals surface area contributed by atoms with Crippen molar-refractivity contribution >= 4 is 5.91 Å². The van der Waals surface area contributed by atoms with Crippen LogP contribution in [-0.2, 0) is 4.79 Å². The Bertz CT molecular complexity index is 756. The summed E-state index contributed by atoms with van der Waals surface area (Å²) in [7, 11) is 0. The molecule has 4 rings (SSSR count). The van der Waals surface area contributed by atoms with Crippen LogP contribution in [0.5, 0.6) is 0 Å². The molecular weight excluding hydrogens is 324 g/mol. The number of nitrogens with one attached hydrogen (secondary N) is 1. The lowest BCUT2D eigenvalue weighted by Gasteiger charge is -2.29. The molecule has 0 bridgehead atoms. The molecular formula is C21H26N4O. The van der Waals surface area contributed by atoms with Gasteiger partial charge >= 0.3 is 0 Å². The molecule has 0 aliphatic heterocycles. The van der Waals surface area contributed by atoms with Crippen LogP contribution in [0.3, 0.4) is 0 Å². The van der Waals surface area contributed by atoms with Crippen molar-refractivity contribution in [3.8, 4) is 11.3 Å². The van der Waals surface area contributed by atoms with E-state index >= 15 is 0 Å². The van der Waals surface area contributed by atoms with Crippen LogP contribution in [0, 0.1) is 17.8 Å². The van der Waals surface area contributed by atoms with E-state index in [1.807, 2.05) is 30.6 Å². The van der Waals surface area contributed by atoms with Gasteiger partial charge in [0.2, 0.25) is 5.91 Å². The first kappa shape index (κ1) is 17.1. The molecule has 0 aromatic carbocycles. The number of hydrogen-bond acceptors (Lipinski definition) is 4. The molecule has 2 saturated carbocycles. The Labute approximate surface area is 154 Å². The highest BCUT2D eigenvalue weighted by Crippen LogP contribution is 2.39. The van der Waals surface area contributed by atoms with E-state index in [-0.39, 0.29) is 11.8 Å². The van der Waals surface area contributed by atoms with Crippen molar-refractivity contribution < 1.29 is 4.79 Å². The predicted molar refractivity (Wildman–Crippen MR) is 100 cm³/mol. The van der Waals surface area contributed by atoms with E-state index < -0.39 is 0 Å². The summed E-state index contributed by atoms with van der Waals surface area (Å²) in [6, 6.07) is 5.94. The van der Waals surface area contributed by atoms with Crippen molar-refractivity contribution in [2.75, 3.05) is 6.54 Å². The van der Waals surface area contributed by atoms with Crippen LogP contribution < -0.4 is 5.32 Å². The van der Waals surface area contributed by atoms with E-state index in [0.29, 0.717) is 17.8 Å². The van der Waals surface area contributed by atoms with Crippen molar-refractivity contribution in [3.05, 3.63) is 42.6 Å². The Morgan fingerprint density at radius 2 is 2.00 bits per heavy atom. The van der Waals surface area contributed by atoms with E-state index in [9.17, 15) is 4.79 Å². The quantitative estimate of drug-likeness (QED) is 0.895. The monoisotopic (exact) mass is 350 g/mol. The zero-order valence-electron chi connectivity index (χ0n) is 15.3. The fraction of sp³-hybridized carbons (Fsp3) is 0.524. The van der Waals surface area contributed by atoms with Gasteiger partial charge in [0.25, 0.3) is 0 Å². The third-order valence-electron chi connectivity index (χ3n) is 5.93. The summed E-state index contributed by atoms with van der Waals surface area (Å²) in [5.41, 5.74) is 3.11. The smallest absolute Gasteiger partial charge is 0.223 e. The number of carbonyl (C=O) groups excluding carboxylic acids is 1. The third-order valence-corrected chi connectivity index (χ3v) is 5.93. The van der Waals surface area contributed by atoms with Gasteiger partial charge < -0.3 is 5.32 Å². The summed E-state index contributed by atoms with van der Waals surface area (Å²) in [6.45, 7) is 2.97. The number of aromatic nitrogens is 3. The maximum absolute atomic E-state index is 12.0. The van der Waals surface area contributed by atoms with Crippen molar-refractivity contribution in [2.24, 2.45) is 17.8 Å². The zero-order valence-corrected chi connectivity index (χ0v) is 15.3. The van der Waals surface area contributed by atoms with Gasteiger partial charge in [-0.25, -0.2) is 9.97 Å². The molecule has 2 unspecified atom stereocenters. The Morgan fingerprint density at radius 1 is 1.19 bits per heavy atom. The Morgan fingerprint density at radius 3 is 2.69 bits per heavy atom. The second kappa shape index (κ2) is 7.52. The summed E-state index contributed by atoms with van der Waals surface area (Å²) < 4.78 is 0. The lowest BCUT2D eigenvalue weighted by Crippen LogP contribution is -2.32. The van der Waals surface area contributed by atoms with Crippen LogP contribution in [0.2, 0.25) is 0 Å². The first-order valence-electron chi connectivity index (χ1n) is 9.71. The topological polar surface area (TPSA) is 67.8 Å². The molecule has 2 aliphatic carbocycles. The Balaban J connectivity index is 1.36. The fourth-order valence-corrected chi connectivity index (χ4v) is 4.09. The lowest BCUT2D eigenvalue weighted by molar-refractivity contribution is -0.122.